The maximum Gasteiger partial charge on any atom is 0.407 e. The average molecular weight is 485 g/mol. The number of pyridine rings is 1. The number of aromatic nitrogens is 1. The van der Waals surface area contributed by atoms with Crippen molar-refractivity contribution >= 4 is 16.9 Å². The molecule has 1 N–H and O–H groups in total. The average Bonchev–Trinajstić information content (AvgIpc) is 3.20. The number of benzene rings is 1. The van der Waals surface area contributed by atoms with Gasteiger partial charge in [-0.2, -0.15) is 0 Å². The maximum atomic E-state index is 11.9. The predicted octanol–water partition coefficient (Wildman–Crippen LogP) is 6.45. The fourth-order valence-electron chi connectivity index (χ4n) is 8.61. The van der Waals surface area contributed by atoms with E-state index in [2.05, 4.69) is 53.6 Å². The molecule has 1 amide bonds. The Morgan fingerprint density at radius 3 is 2.97 bits per heavy atom. The number of carbonyl (C=O) groups excluding carboxylic acids is 1. The van der Waals surface area contributed by atoms with Crippen LogP contribution in [-0.4, -0.2) is 35.4 Å². The summed E-state index contributed by atoms with van der Waals surface area (Å²) < 4.78 is 13.0. The third kappa shape index (κ3) is 3.24. The molecule has 2 spiro atoms. The Morgan fingerprint density at radius 1 is 1.17 bits per heavy atom. The number of nitrogens with zero attached hydrogens (tertiary/aromatic N) is 1. The lowest BCUT2D eigenvalue weighted by Crippen LogP contribution is -2.54. The van der Waals surface area contributed by atoms with Gasteiger partial charge in [0.2, 0.25) is 0 Å². The molecule has 2 aromatic rings. The summed E-state index contributed by atoms with van der Waals surface area (Å²) in [5.41, 5.74) is 3.93. The largest absolute Gasteiger partial charge is 0.446 e. The molecule has 7 atom stereocenters. The normalized spacial score (nSPS) is 38.8. The summed E-state index contributed by atoms with van der Waals surface area (Å²) >= 11 is 0. The van der Waals surface area contributed by atoms with Gasteiger partial charge < -0.3 is 14.8 Å². The molecular formula is C31H36N2O3. The molecule has 3 heterocycles. The van der Waals surface area contributed by atoms with E-state index in [1.807, 2.05) is 12.4 Å². The van der Waals surface area contributed by atoms with Gasteiger partial charge in [0.1, 0.15) is 6.10 Å². The molecule has 7 rings (SSSR count). The first-order valence-electron chi connectivity index (χ1n) is 13.9. The van der Waals surface area contributed by atoms with Crippen molar-refractivity contribution in [2.75, 3.05) is 7.05 Å². The van der Waals surface area contributed by atoms with Gasteiger partial charge in [-0.15, -0.1) is 0 Å². The second-order valence-electron chi connectivity index (χ2n) is 11.9. The molecule has 3 fully saturated rings. The van der Waals surface area contributed by atoms with Gasteiger partial charge in [-0.1, -0.05) is 31.2 Å². The van der Waals surface area contributed by atoms with E-state index in [9.17, 15) is 4.79 Å². The molecule has 188 valence electrons. The second kappa shape index (κ2) is 8.17. The third-order valence-electron chi connectivity index (χ3n) is 10.4. The molecule has 2 aliphatic heterocycles. The summed E-state index contributed by atoms with van der Waals surface area (Å²) in [6, 6.07) is 9.08. The van der Waals surface area contributed by atoms with Gasteiger partial charge in [-0.3, -0.25) is 4.98 Å². The number of rotatable bonds is 2. The zero-order valence-electron chi connectivity index (χ0n) is 21.3. The van der Waals surface area contributed by atoms with Crippen LogP contribution in [-0.2, 0) is 9.47 Å². The highest BCUT2D eigenvalue weighted by Gasteiger charge is 2.63. The molecule has 2 saturated carbocycles. The van der Waals surface area contributed by atoms with Crippen LogP contribution in [0.15, 0.2) is 60.0 Å². The molecular weight excluding hydrogens is 448 g/mol. The van der Waals surface area contributed by atoms with Crippen molar-refractivity contribution in [3.63, 3.8) is 0 Å². The van der Waals surface area contributed by atoms with Gasteiger partial charge in [-0.25, -0.2) is 4.79 Å². The van der Waals surface area contributed by atoms with Crippen LogP contribution in [0.3, 0.4) is 0 Å². The SMILES string of the molecule is CNC(=O)O[C@H]1CCC2=CC3=CCC4[C@@H](CC[C@H](c5ccc6ccncc6c5)[C@H]4C)[C@@]34CC[C@]2(C1)O4. The maximum absolute atomic E-state index is 11.9. The van der Waals surface area contributed by atoms with Gasteiger partial charge >= 0.3 is 6.09 Å². The second-order valence-corrected chi connectivity index (χ2v) is 11.9. The lowest BCUT2D eigenvalue weighted by molar-refractivity contribution is -0.148. The van der Waals surface area contributed by atoms with E-state index in [0.717, 1.165) is 38.5 Å². The molecule has 1 aromatic heterocycles. The van der Waals surface area contributed by atoms with Crippen LogP contribution < -0.4 is 5.32 Å². The van der Waals surface area contributed by atoms with Crippen LogP contribution in [0.4, 0.5) is 4.79 Å². The topological polar surface area (TPSA) is 60.5 Å². The summed E-state index contributed by atoms with van der Waals surface area (Å²) in [4.78, 5) is 16.3. The minimum atomic E-state index is -0.331. The van der Waals surface area contributed by atoms with Crippen LogP contribution in [0, 0.1) is 17.8 Å². The quantitative estimate of drug-likeness (QED) is 0.532. The minimum Gasteiger partial charge on any atom is -0.446 e. The highest BCUT2D eigenvalue weighted by Crippen LogP contribution is 2.64. The highest BCUT2D eigenvalue weighted by molar-refractivity contribution is 5.82. The lowest BCUT2D eigenvalue weighted by Gasteiger charge is -2.55. The lowest BCUT2D eigenvalue weighted by atomic mass is 9.55. The molecule has 5 heteroatoms. The Bertz CT molecular complexity index is 1280. The first-order valence-corrected chi connectivity index (χ1v) is 13.9. The van der Waals surface area contributed by atoms with E-state index in [0.29, 0.717) is 23.7 Å². The minimum absolute atomic E-state index is 0.0702. The van der Waals surface area contributed by atoms with Gasteiger partial charge in [-0.05, 0) is 103 Å². The van der Waals surface area contributed by atoms with Crippen molar-refractivity contribution in [1.29, 1.82) is 0 Å². The molecule has 2 bridgehead atoms. The molecule has 5 nitrogen and oxygen atoms in total. The van der Waals surface area contributed by atoms with Gasteiger partial charge in [0.05, 0.1) is 11.2 Å². The zero-order valence-corrected chi connectivity index (χ0v) is 21.3. The molecule has 3 aliphatic carbocycles. The Morgan fingerprint density at radius 2 is 2.08 bits per heavy atom. The number of hydrogen-bond donors (Lipinski definition) is 1. The third-order valence-corrected chi connectivity index (χ3v) is 10.4. The van der Waals surface area contributed by atoms with Gasteiger partial charge in [0.25, 0.3) is 0 Å². The van der Waals surface area contributed by atoms with Crippen LogP contribution >= 0.6 is 0 Å². The zero-order chi connectivity index (χ0) is 24.5. The molecule has 1 saturated heterocycles. The van der Waals surface area contributed by atoms with Crippen molar-refractivity contribution in [3.8, 4) is 0 Å². The van der Waals surface area contributed by atoms with Crippen LogP contribution in [0.2, 0.25) is 0 Å². The standard InChI is InChI=1S/C31H36N2O3/c1-19-26(21-4-3-20-11-14-33-18-22(20)15-21)9-10-28-27(19)8-6-24-16-23-5-7-25(35-29(34)32-2)17-30(23)12-13-31(24,28)36-30/h3-4,6,11,14-16,18-19,25-28H,5,7-10,12-13,17H2,1-2H3,(H,32,34)/t19-,25+,26+,27?,28-,30-,31-/m1/s1. The highest BCUT2D eigenvalue weighted by atomic mass is 16.6. The molecule has 1 unspecified atom stereocenters. The van der Waals surface area contributed by atoms with Crippen LogP contribution in [0.5, 0.6) is 0 Å². The van der Waals surface area contributed by atoms with Crippen LogP contribution in [0.1, 0.15) is 69.8 Å². The monoisotopic (exact) mass is 484 g/mol. The summed E-state index contributed by atoms with van der Waals surface area (Å²) in [6.45, 7) is 2.48. The number of fused-ring (bicyclic) bond motifs is 2. The summed E-state index contributed by atoms with van der Waals surface area (Å²) in [5, 5.41) is 5.11. The Hall–Kier alpha value is -2.66. The number of nitrogens with one attached hydrogen (secondary N) is 1. The summed E-state index contributed by atoms with van der Waals surface area (Å²) in [5.74, 6) is 2.37. The Balaban J connectivity index is 1.17. The van der Waals surface area contributed by atoms with Crippen molar-refractivity contribution in [3.05, 3.63) is 65.5 Å². The van der Waals surface area contributed by atoms with Crippen molar-refractivity contribution in [1.82, 2.24) is 10.3 Å². The number of allylic oxidation sites excluding steroid dienone is 1. The number of ether oxygens (including phenoxy) is 2. The fraction of sp³-hybridized carbons (Fsp3) is 0.548. The fourth-order valence-corrected chi connectivity index (χ4v) is 8.61. The summed E-state index contributed by atoms with van der Waals surface area (Å²) in [6.07, 6.45) is 16.8. The Kier molecular flexibility index (Phi) is 5.12. The first-order chi connectivity index (χ1) is 17.5. The Labute approximate surface area is 213 Å². The van der Waals surface area contributed by atoms with Crippen LogP contribution in [0.25, 0.3) is 10.8 Å². The van der Waals surface area contributed by atoms with Crippen molar-refractivity contribution in [2.45, 2.75) is 81.5 Å². The van der Waals surface area contributed by atoms with Crippen molar-refractivity contribution in [2.24, 2.45) is 17.8 Å². The number of carbonyl (C=O) groups is 1. The number of amides is 1. The smallest absolute Gasteiger partial charge is 0.407 e. The summed E-state index contributed by atoms with van der Waals surface area (Å²) in [7, 11) is 1.63. The van der Waals surface area contributed by atoms with E-state index >= 15 is 0 Å². The number of alkyl carbamates (subject to hydrolysis) is 1. The first kappa shape index (κ1) is 22.5. The van der Waals surface area contributed by atoms with Gasteiger partial charge in [0.15, 0.2) is 0 Å². The molecule has 0 radical (unpaired) electrons. The molecule has 1 aromatic carbocycles. The van der Waals surface area contributed by atoms with E-state index in [1.165, 1.54) is 40.3 Å². The van der Waals surface area contributed by atoms with E-state index in [-0.39, 0.29) is 23.4 Å². The molecule has 5 aliphatic rings. The molecule has 36 heavy (non-hydrogen) atoms. The number of hydrogen-bond acceptors (Lipinski definition) is 4. The van der Waals surface area contributed by atoms with Crippen molar-refractivity contribution < 1.29 is 14.3 Å². The van der Waals surface area contributed by atoms with E-state index in [4.69, 9.17) is 9.47 Å². The van der Waals surface area contributed by atoms with Gasteiger partial charge in [0, 0.05) is 31.2 Å². The van der Waals surface area contributed by atoms with E-state index in [1.54, 1.807) is 7.05 Å². The van der Waals surface area contributed by atoms with E-state index < -0.39 is 0 Å². The predicted molar refractivity (Wildman–Crippen MR) is 140 cm³/mol.